The molecule has 3 rings (SSSR count). The summed E-state index contributed by atoms with van der Waals surface area (Å²) in [4.78, 5) is 11.9. The van der Waals surface area contributed by atoms with Gasteiger partial charge < -0.3 is 4.57 Å². The maximum Gasteiger partial charge on any atom is 0.250 e. The number of benzene rings is 2. The van der Waals surface area contributed by atoms with E-state index in [1.807, 2.05) is 54.1 Å². The highest BCUT2D eigenvalue weighted by atomic mass is 35.5. The van der Waals surface area contributed by atoms with Crippen LogP contribution in [0.5, 0.6) is 0 Å². The minimum atomic E-state index is -0.210. The van der Waals surface area contributed by atoms with E-state index >= 15 is 0 Å². The lowest BCUT2D eigenvalue weighted by atomic mass is 10.2. The van der Waals surface area contributed by atoms with Crippen molar-refractivity contribution in [1.82, 2.24) is 20.2 Å². The second kappa shape index (κ2) is 8.64. The highest BCUT2D eigenvalue weighted by Gasteiger charge is 2.12. The molecule has 8 heteroatoms. The molecule has 3 aromatic rings. The number of rotatable bonds is 6. The molecule has 1 amide bonds. The van der Waals surface area contributed by atoms with E-state index in [9.17, 15) is 4.79 Å². The molecule has 0 spiro atoms. The summed E-state index contributed by atoms with van der Waals surface area (Å²) in [5.41, 5.74) is 4.33. The van der Waals surface area contributed by atoms with E-state index in [4.69, 9.17) is 11.6 Å². The Morgan fingerprint density at radius 1 is 1.19 bits per heavy atom. The van der Waals surface area contributed by atoms with Crippen molar-refractivity contribution in [1.29, 1.82) is 0 Å². The van der Waals surface area contributed by atoms with Crippen molar-refractivity contribution in [2.75, 3.05) is 5.75 Å². The summed E-state index contributed by atoms with van der Waals surface area (Å²) in [6, 6.07) is 16.9. The number of hydrogen-bond donors (Lipinski definition) is 1. The minimum Gasteiger partial charge on any atom is -0.305 e. The fourth-order valence-corrected chi connectivity index (χ4v) is 3.00. The molecule has 1 N–H and O–H groups in total. The maximum atomic E-state index is 11.9. The summed E-state index contributed by atoms with van der Waals surface area (Å²) in [6.45, 7) is 0. The van der Waals surface area contributed by atoms with Gasteiger partial charge in [0.1, 0.15) is 0 Å². The van der Waals surface area contributed by atoms with Gasteiger partial charge in [0.15, 0.2) is 11.0 Å². The van der Waals surface area contributed by atoms with Crippen LogP contribution in [0.15, 0.2) is 64.9 Å². The summed E-state index contributed by atoms with van der Waals surface area (Å²) < 4.78 is 1.84. The normalized spacial score (nSPS) is 11.0. The molecule has 0 unspecified atom stereocenters. The van der Waals surface area contributed by atoms with Crippen molar-refractivity contribution in [3.8, 4) is 11.4 Å². The van der Waals surface area contributed by atoms with E-state index in [1.165, 1.54) is 11.8 Å². The van der Waals surface area contributed by atoms with Crippen LogP contribution >= 0.6 is 23.4 Å². The molecule has 0 radical (unpaired) electrons. The molecule has 0 saturated heterocycles. The van der Waals surface area contributed by atoms with Gasteiger partial charge >= 0.3 is 0 Å². The zero-order valence-corrected chi connectivity index (χ0v) is 15.5. The van der Waals surface area contributed by atoms with Gasteiger partial charge in [-0.3, -0.25) is 4.79 Å². The molecule has 1 heterocycles. The van der Waals surface area contributed by atoms with Gasteiger partial charge in [-0.2, -0.15) is 5.10 Å². The number of amides is 1. The lowest BCUT2D eigenvalue weighted by Crippen LogP contribution is -2.19. The smallest absolute Gasteiger partial charge is 0.250 e. The largest absolute Gasteiger partial charge is 0.305 e. The van der Waals surface area contributed by atoms with Gasteiger partial charge in [0, 0.05) is 17.6 Å². The average molecular weight is 386 g/mol. The summed E-state index contributed by atoms with van der Waals surface area (Å²) in [7, 11) is 1.86. The molecule has 1 aromatic heterocycles. The Bertz CT molecular complexity index is 909. The number of halogens is 1. The SMILES string of the molecule is Cn1c(SCC(=O)NN=Cc2ccccc2)nnc1-c1ccc(Cl)cc1. The average Bonchev–Trinajstić information content (AvgIpc) is 3.02. The first-order chi connectivity index (χ1) is 12.6. The molecule has 6 nitrogen and oxygen atoms in total. The fraction of sp³-hybridized carbons (Fsp3) is 0.111. The second-order valence-electron chi connectivity index (χ2n) is 5.36. The third kappa shape index (κ3) is 4.71. The number of nitrogens with zero attached hydrogens (tertiary/aromatic N) is 4. The number of aromatic nitrogens is 3. The Morgan fingerprint density at radius 2 is 1.92 bits per heavy atom. The fourth-order valence-electron chi connectivity index (χ4n) is 2.17. The molecule has 132 valence electrons. The lowest BCUT2D eigenvalue weighted by molar-refractivity contribution is -0.118. The number of nitrogens with one attached hydrogen (secondary N) is 1. The Labute approximate surface area is 160 Å². The van der Waals surface area contributed by atoms with E-state index in [0.717, 1.165) is 11.1 Å². The third-order valence-corrected chi connectivity index (χ3v) is 4.74. The Morgan fingerprint density at radius 3 is 2.65 bits per heavy atom. The maximum absolute atomic E-state index is 11.9. The number of thioether (sulfide) groups is 1. The van der Waals surface area contributed by atoms with Crippen molar-refractivity contribution in [2.24, 2.45) is 12.1 Å². The molecule has 26 heavy (non-hydrogen) atoms. The van der Waals surface area contributed by atoms with Crippen molar-refractivity contribution >= 4 is 35.5 Å². The number of carbonyl (C=O) groups is 1. The molecule has 0 bridgehead atoms. The van der Waals surface area contributed by atoms with Gasteiger partial charge in [-0.15, -0.1) is 10.2 Å². The van der Waals surface area contributed by atoms with Crippen LogP contribution in [0.3, 0.4) is 0 Å². The Hall–Kier alpha value is -2.64. The zero-order valence-electron chi connectivity index (χ0n) is 14.0. The Balaban J connectivity index is 1.55. The predicted molar refractivity (Wildman–Crippen MR) is 104 cm³/mol. The summed E-state index contributed by atoms with van der Waals surface area (Å²) in [6.07, 6.45) is 1.60. The molecule has 0 saturated carbocycles. The molecule has 0 aliphatic carbocycles. The molecule has 2 aromatic carbocycles. The van der Waals surface area contributed by atoms with E-state index in [2.05, 4.69) is 20.7 Å². The molecule has 0 aliphatic rings. The first-order valence-corrected chi connectivity index (χ1v) is 9.15. The van der Waals surface area contributed by atoms with Gasteiger partial charge in [-0.1, -0.05) is 53.7 Å². The third-order valence-electron chi connectivity index (χ3n) is 3.47. The monoisotopic (exact) mass is 385 g/mol. The van der Waals surface area contributed by atoms with Crippen LogP contribution in [0, 0.1) is 0 Å². The van der Waals surface area contributed by atoms with Gasteiger partial charge in [0.25, 0.3) is 5.91 Å². The number of carbonyl (C=O) groups excluding carboxylic acids is 1. The van der Waals surface area contributed by atoms with Gasteiger partial charge in [0.2, 0.25) is 0 Å². The molecule has 0 atom stereocenters. The van der Waals surface area contributed by atoms with Crippen LogP contribution in [0.2, 0.25) is 5.02 Å². The standard InChI is InChI=1S/C18H16ClN5OS/c1-24-17(14-7-9-15(19)10-8-14)22-23-18(24)26-12-16(25)21-20-11-13-5-3-2-4-6-13/h2-11H,12H2,1H3,(H,21,25). The molecular weight excluding hydrogens is 370 g/mol. The number of hydrogen-bond acceptors (Lipinski definition) is 5. The first kappa shape index (κ1) is 18.2. The highest BCUT2D eigenvalue weighted by molar-refractivity contribution is 7.99. The first-order valence-electron chi connectivity index (χ1n) is 7.78. The summed E-state index contributed by atoms with van der Waals surface area (Å²) >= 11 is 7.20. The van der Waals surface area contributed by atoms with Gasteiger partial charge in [-0.05, 0) is 29.8 Å². The highest BCUT2D eigenvalue weighted by Crippen LogP contribution is 2.23. The second-order valence-corrected chi connectivity index (χ2v) is 6.74. The predicted octanol–water partition coefficient (Wildman–Crippen LogP) is 3.38. The zero-order chi connectivity index (χ0) is 18.4. The lowest BCUT2D eigenvalue weighted by Gasteiger charge is -2.03. The van der Waals surface area contributed by atoms with Crippen molar-refractivity contribution in [3.63, 3.8) is 0 Å². The van der Waals surface area contributed by atoms with Crippen LogP contribution in [0.25, 0.3) is 11.4 Å². The van der Waals surface area contributed by atoms with E-state index in [0.29, 0.717) is 16.0 Å². The van der Waals surface area contributed by atoms with Crippen LogP contribution in [-0.4, -0.2) is 32.6 Å². The molecule has 0 fully saturated rings. The van der Waals surface area contributed by atoms with Gasteiger partial charge in [0.05, 0.1) is 12.0 Å². The van der Waals surface area contributed by atoms with Crippen LogP contribution in [0.4, 0.5) is 0 Å². The molecular formula is C18H16ClN5OS. The topological polar surface area (TPSA) is 72.2 Å². The van der Waals surface area contributed by atoms with Crippen molar-refractivity contribution in [2.45, 2.75) is 5.16 Å². The van der Waals surface area contributed by atoms with Crippen molar-refractivity contribution in [3.05, 3.63) is 65.2 Å². The number of hydrazone groups is 1. The Kier molecular flexibility index (Phi) is 6.04. The van der Waals surface area contributed by atoms with Crippen LogP contribution < -0.4 is 5.43 Å². The van der Waals surface area contributed by atoms with E-state index in [-0.39, 0.29) is 11.7 Å². The minimum absolute atomic E-state index is 0.193. The van der Waals surface area contributed by atoms with E-state index in [1.54, 1.807) is 18.3 Å². The van der Waals surface area contributed by atoms with E-state index < -0.39 is 0 Å². The van der Waals surface area contributed by atoms with Gasteiger partial charge in [-0.25, -0.2) is 5.43 Å². The summed E-state index contributed by atoms with van der Waals surface area (Å²) in [5, 5.41) is 13.6. The van der Waals surface area contributed by atoms with Crippen LogP contribution in [0.1, 0.15) is 5.56 Å². The van der Waals surface area contributed by atoms with Crippen molar-refractivity contribution < 1.29 is 4.79 Å². The molecule has 0 aliphatic heterocycles. The summed E-state index contributed by atoms with van der Waals surface area (Å²) in [5.74, 6) is 0.698. The van der Waals surface area contributed by atoms with Crippen LogP contribution in [-0.2, 0) is 11.8 Å². The quantitative estimate of drug-likeness (QED) is 0.401.